The van der Waals surface area contributed by atoms with Crippen LogP contribution in [0, 0.1) is 6.92 Å². The lowest BCUT2D eigenvalue weighted by molar-refractivity contribution is -0.120. The van der Waals surface area contributed by atoms with E-state index in [0.717, 1.165) is 30.6 Å². The average Bonchev–Trinajstić information content (AvgIpc) is 2.22. The second-order valence-corrected chi connectivity index (χ2v) is 3.96. The summed E-state index contributed by atoms with van der Waals surface area (Å²) in [5, 5.41) is 0. The van der Waals surface area contributed by atoms with Crippen molar-refractivity contribution in [2.75, 3.05) is 11.4 Å². The van der Waals surface area contributed by atoms with E-state index in [4.69, 9.17) is 5.73 Å². The highest BCUT2D eigenvalue weighted by Crippen LogP contribution is 2.20. The van der Waals surface area contributed by atoms with E-state index in [9.17, 15) is 4.79 Å². The molecule has 15 heavy (non-hydrogen) atoms. The van der Waals surface area contributed by atoms with E-state index in [-0.39, 0.29) is 11.9 Å². The van der Waals surface area contributed by atoms with Gasteiger partial charge in [-0.15, -0.1) is 0 Å². The van der Waals surface area contributed by atoms with Gasteiger partial charge in [-0.3, -0.25) is 9.78 Å². The van der Waals surface area contributed by atoms with Crippen molar-refractivity contribution < 1.29 is 4.79 Å². The Balaban J connectivity index is 2.26. The number of aryl methyl sites for hydroxylation is 1. The molecule has 1 saturated heterocycles. The lowest BCUT2D eigenvalue weighted by atomic mass is 10.1. The SMILES string of the molecule is Cc1cncc(N2CCCC(N)C2=O)c1. The van der Waals surface area contributed by atoms with Crippen LogP contribution in [-0.4, -0.2) is 23.5 Å². The molecule has 1 fully saturated rings. The summed E-state index contributed by atoms with van der Waals surface area (Å²) in [5.41, 5.74) is 7.64. The number of aromatic nitrogens is 1. The number of amides is 1. The number of nitrogens with zero attached hydrogens (tertiary/aromatic N) is 2. The molecule has 0 radical (unpaired) electrons. The molecule has 4 nitrogen and oxygen atoms in total. The van der Waals surface area contributed by atoms with Gasteiger partial charge in [0.05, 0.1) is 17.9 Å². The molecule has 1 unspecified atom stereocenters. The zero-order chi connectivity index (χ0) is 10.8. The summed E-state index contributed by atoms with van der Waals surface area (Å²) in [7, 11) is 0. The topological polar surface area (TPSA) is 59.2 Å². The smallest absolute Gasteiger partial charge is 0.243 e. The van der Waals surface area contributed by atoms with E-state index in [1.165, 1.54) is 0 Å². The Kier molecular flexibility index (Phi) is 2.68. The van der Waals surface area contributed by atoms with E-state index >= 15 is 0 Å². The first-order valence-electron chi connectivity index (χ1n) is 5.17. The van der Waals surface area contributed by atoms with Gasteiger partial charge in [-0.2, -0.15) is 0 Å². The number of piperidine rings is 1. The van der Waals surface area contributed by atoms with Gasteiger partial charge in [-0.1, -0.05) is 0 Å². The number of pyridine rings is 1. The predicted molar refractivity (Wildman–Crippen MR) is 58.5 cm³/mol. The minimum atomic E-state index is -0.348. The van der Waals surface area contributed by atoms with Crippen LogP contribution in [0.5, 0.6) is 0 Å². The molecule has 2 rings (SSSR count). The highest BCUT2D eigenvalue weighted by molar-refractivity contribution is 5.97. The summed E-state index contributed by atoms with van der Waals surface area (Å²) < 4.78 is 0. The predicted octanol–water partition coefficient (Wildman–Crippen LogP) is 0.844. The number of anilines is 1. The minimum Gasteiger partial charge on any atom is -0.320 e. The van der Waals surface area contributed by atoms with Gasteiger partial charge in [0.25, 0.3) is 0 Å². The molecule has 2 N–H and O–H groups in total. The molecule has 0 aromatic carbocycles. The quantitative estimate of drug-likeness (QED) is 0.739. The lowest BCUT2D eigenvalue weighted by Crippen LogP contribution is -2.48. The summed E-state index contributed by atoms with van der Waals surface area (Å²) in [4.78, 5) is 17.6. The first-order valence-corrected chi connectivity index (χ1v) is 5.17. The second kappa shape index (κ2) is 3.98. The summed E-state index contributed by atoms with van der Waals surface area (Å²) >= 11 is 0. The third-order valence-electron chi connectivity index (χ3n) is 2.65. The van der Waals surface area contributed by atoms with Crippen LogP contribution in [0.4, 0.5) is 5.69 Å². The van der Waals surface area contributed by atoms with E-state index in [1.54, 1.807) is 17.3 Å². The van der Waals surface area contributed by atoms with Crippen molar-refractivity contribution in [1.82, 2.24) is 4.98 Å². The molecule has 0 saturated carbocycles. The molecule has 0 bridgehead atoms. The van der Waals surface area contributed by atoms with Crippen LogP contribution in [0.3, 0.4) is 0 Å². The van der Waals surface area contributed by atoms with Gasteiger partial charge in [-0.05, 0) is 31.4 Å². The first kappa shape index (κ1) is 10.1. The van der Waals surface area contributed by atoms with Crippen LogP contribution in [0.2, 0.25) is 0 Å². The van der Waals surface area contributed by atoms with Gasteiger partial charge in [0.1, 0.15) is 0 Å². The summed E-state index contributed by atoms with van der Waals surface area (Å²) in [5.74, 6) is 0.00801. The fourth-order valence-electron chi connectivity index (χ4n) is 1.85. The lowest BCUT2D eigenvalue weighted by Gasteiger charge is -2.30. The number of hydrogen-bond donors (Lipinski definition) is 1. The van der Waals surface area contributed by atoms with E-state index in [2.05, 4.69) is 4.98 Å². The Labute approximate surface area is 89.1 Å². The molecule has 4 heteroatoms. The Morgan fingerprint density at radius 3 is 3.07 bits per heavy atom. The van der Waals surface area contributed by atoms with Gasteiger partial charge in [-0.25, -0.2) is 0 Å². The van der Waals surface area contributed by atoms with Gasteiger partial charge < -0.3 is 10.6 Å². The minimum absolute atomic E-state index is 0.00801. The van der Waals surface area contributed by atoms with Crippen molar-refractivity contribution in [2.24, 2.45) is 5.73 Å². The molecule has 1 amide bonds. The molecule has 1 aromatic heterocycles. The largest absolute Gasteiger partial charge is 0.320 e. The van der Waals surface area contributed by atoms with Crippen LogP contribution >= 0.6 is 0 Å². The molecule has 1 aliphatic rings. The maximum absolute atomic E-state index is 11.8. The van der Waals surface area contributed by atoms with Gasteiger partial charge in [0, 0.05) is 12.7 Å². The number of rotatable bonds is 1. The van der Waals surface area contributed by atoms with Crippen LogP contribution in [-0.2, 0) is 4.79 Å². The maximum atomic E-state index is 11.8. The van der Waals surface area contributed by atoms with Crippen LogP contribution in [0.1, 0.15) is 18.4 Å². The van der Waals surface area contributed by atoms with Crippen LogP contribution in [0.25, 0.3) is 0 Å². The third-order valence-corrected chi connectivity index (χ3v) is 2.65. The average molecular weight is 205 g/mol. The van der Waals surface area contributed by atoms with Crippen molar-refractivity contribution in [3.8, 4) is 0 Å². The van der Waals surface area contributed by atoms with Gasteiger partial charge >= 0.3 is 0 Å². The van der Waals surface area contributed by atoms with E-state index in [1.807, 2.05) is 13.0 Å². The van der Waals surface area contributed by atoms with E-state index < -0.39 is 0 Å². The summed E-state index contributed by atoms with van der Waals surface area (Å²) in [6, 6.07) is 1.61. The summed E-state index contributed by atoms with van der Waals surface area (Å²) in [6.45, 7) is 2.71. The molecule has 1 atom stereocenters. The molecule has 80 valence electrons. The molecule has 0 spiro atoms. The van der Waals surface area contributed by atoms with Crippen molar-refractivity contribution in [3.63, 3.8) is 0 Å². The maximum Gasteiger partial charge on any atom is 0.243 e. The highest BCUT2D eigenvalue weighted by atomic mass is 16.2. The first-order chi connectivity index (χ1) is 7.18. The molecule has 1 aliphatic heterocycles. The monoisotopic (exact) mass is 205 g/mol. The van der Waals surface area contributed by atoms with Crippen molar-refractivity contribution >= 4 is 11.6 Å². The van der Waals surface area contributed by atoms with Crippen LogP contribution < -0.4 is 10.6 Å². The molecule has 1 aromatic rings. The number of carbonyl (C=O) groups is 1. The second-order valence-electron chi connectivity index (χ2n) is 3.96. The third kappa shape index (κ3) is 1.99. The highest BCUT2D eigenvalue weighted by Gasteiger charge is 2.26. The molecule has 2 heterocycles. The normalized spacial score (nSPS) is 21.9. The number of carbonyl (C=O) groups excluding carboxylic acids is 1. The van der Waals surface area contributed by atoms with Gasteiger partial charge in [0.2, 0.25) is 5.91 Å². The Hall–Kier alpha value is -1.42. The fourth-order valence-corrected chi connectivity index (χ4v) is 1.85. The molecule has 0 aliphatic carbocycles. The summed E-state index contributed by atoms with van der Waals surface area (Å²) in [6.07, 6.45) is 5.23. The van der Waals surface area contributed by atoms with Gasteiger partial charge in [0.15, 0.2) is 0 Å². The zero-order valence-corrected chi connectivity index (χ0v) is 8.81. The molecular weight excluding hydrogens is 190 g/mol. The van der Waals surface area contributed by atoms with Crippen molar-refractivity contribution in [3.05, 3.63) is 24.0 Å². The van der Waals surface area contributed by atoms with E-state index in [0.29, 0.717) is 0 Å². The fraction of sp³-hybridized carbons (Fsp3) is 0.455. The number of hydrogen-bond acceptors (Lipinski definition) is 3. The standard InChI is InChI=1S/C11H15N3O/c1-8-5-9(7-13-6-8)14-4-2-3-10(12)11(14)15/h5-7,10H,2-4,12H2,1H3. The Morgan fingerprint density at radius 2 is 2.33 bits per heavy atom. The van der Waals surface area contributed by atoms with Crippen molar-refractivity contribution in [1.29, 1.82) is 0 Å². The Morgan fingerprint density at radius 1 is 1.53 bits per heavy atom. The van der Waals surface area contributed by atoms with Crippen LogP contribution in [0.15, 0.2) is 18.5 Å². The number of nitrogens with two attached hydrogens (primary N) is 1. The molecular formula is C11H15N3O. The van der Waals surface area contributed by atoms with Crippen molar-refractivity contribution in [2.45, 2.75) is 25.8 Å². The zero-order valence-electron chi connectivity index (χ0n) is 8.81. The Bertz CT molecular complexity index is 378.